The van der Waals surface area contributed by atoms with Crippen molar-refractivity contribution in [3.63, 3.8) is 0 Å². The Bertz CT molecular complexity index is 563. The molecule has 1 fully saturated rings. The second-order valence-electron chi connectivity index (χ2n) is 4.64. The number of aromatic nitrogens is 2. The van der Waals surface area contributed by atoms with Gasteiger partial charge in [0.2, 0.25) is 0 Å². The fourth-order valence-electron chi connectivity index (χ4n) is 1.76. The van der Waals surface area contributed by atoms with E-state index in [0.29, 0.717) is 16.6 Å². The summed E-state index contributed by atoms with van der Waals surface area (Å²) in [6.45, 7) is 2.68. The summed E-state index contributed by atoms with van der Waals surface area (Å²) in [6, 6.07) is 5.70. The average molecular weight is 263 g/mol. The van der Waals surface area contributed by atoms with Gasteiger partial charge < -0.3 is 5.32 Å². The molecule has 18 heavy (non-hydrogen) atoms. The number of aryl methyl sites for hydroxylation is 1. The van der Waals surface area contributed by atoms with E-state index in [9.17, 15) is 4.39 Å². The molecule has 1 saturated carbocycles. The summed E-state index contributed by atoms with van der Waals surface area (Å²) in [5.74, 6) is -0.238. The number of halogens is 1. The summed E-state index contributed by atoms with van der Waals surface area (Å²) >= 11 is 1.45. The molecule has 0 unspecified atom stereocenters. The molecule has 5 heteroatoms. The highest BCUT2D eigenvalue weighted by Crippen LogP contribution is 2.27. The Morgan fingerprint density at radius 2 is 2.22 bits per heavy atom. The lowest BCUT2D eigenvalue weighted by molar-refractivity contribution is 0.630. The highest BCUT2D eigenvalue weighted by Gasteiger charge is 2.21. The van der Waals surface area contributed by atoms with E-state index in [2.05, 4.69) is 15.5 Å². The van der Waals surface area contributed by atoms with E-state index in [-0.39, 0.29) is 5.82 Å². The average Bonchev–Trinajstić information content (AvgIpc) is 3.08. The first-order valence-corrected chi connectivity index (χ1v) is 6.86. The van der Waals surface area contributed by atoms with Gasteiger partial charge in [-0.25, -0.2) is 4.39 Å². The van der Waals surface area contributed by atoms with Crippen LogP contribution in [0.4, 0.5) is 4.39 Å². The SMILES string of the molecule is Cc1ccc(F)c(-c2nnc(CNC3CC3)s2)c1. The Labute approximate surface area is 109 Å². The molecular formula is C13H14FN3S. The van der Waals surface area contributed by atoms with Crippen LogP contribution in [0.5, 0.6) is 0 Å². The van der Waals surface area contributed by atoms with E-state index in [1.54, 1.807) is 6.07 Å². The van der Waals surface area contributed by atoms with Crippen LogP contribution in [-0.4, -0.2) is 16.2 Å². The molecule has 0 bridgehead atoms. The van der Waals surface area contributed by atoms with Gasteiger partial charge in [-0.05, 0) is 31.9 Å². The molecule has 0 saturated heterocycles. The van der Waals surface area contributed by atoms with Crippen molar-refractivity contribution in [3.8, 4) is 10.6 Å². The van der Waals surface area contributed by atoms with Crippen LogP contribution in [0.15, 0.2) is 18.2 Å². The minimum Gasteiger partial charge on any atom is -0.308 e. The van der Waals surface area contributed by atoms with Gasteiger partial charge in [0.15, 0.2) is 5.01 Å². The van der Waals surface area contributed by atoms with Crippen molar-refractivity contribution in [1.82, 2.24) is 15.5 Å². The van der Waals surface area contributed by atoms with Crippen LogP contribution in [0.2, 0.25) is 0 Å². The zero-order chi connectivity index (χ0) is 12.5. The molecule has 1 N–H and O–H groups in total. The lowest BCUT2D eigenvalue weighted by atomic mass is 10.1. The van der Waals surface area contributed by atoms with Crippen LogP contribution < -0.4 is 5.32 Å². The van der Waals surface area contributed by atoms with Gasteiger partial charge in [-0.1, -0.05) is 23.0 Å². The van der Waals surface area contributed by atoms with Crippen molar-refractivity contribution in [2.45, 2.75) is 32.4 Å². The summed E-state index contributed by atoms with van der Waals surface area (Å²) in [5, 5.41) is 13.1. The second kappa shape index (κ2) is 4.74. The summed E-state index contributed by atoms with van der Waals surface area (Å²) < 4.78 is 13.7. The molecule has 3 nitrogen and oxygen atoms in total. The first-order valence-electron chi connectivity index (χ1n) is 6.04. The number of nitrogens with zero attached hydrogens (tertiary/aromatic N) is 2. The predicted molar refractivity (Wildman–Crippen MR) is 69.9 cm³/mol. The van der Waals surface area contributed by atoms with Crippen LogP contribution in [0, 0.1) is 12.7 Å². The molecular weight excluding hydrogens is 249 g/mol. The predicted octanol–water partition coefficient (Wildman–Crippen LogP) is 2.90. The molecule has 1 aromatic carbocycles. The van der Waals surface area contributed by atoms with Crippen LogP contribution in [0.25, 0.3) is 10.6 Å². The van der Waals surface area contributed by atoms with Crippen LogP contribution in [0.3, 0.4) is 0 Å². The van der Waals surface area contributed by atoms with Gasteiger partial charge >= 0.3 is 0 Å². The molecule has 1 heterocycles. The summed E-state index contributed by atoms with van der Waals surface area (Å²) in [7, 11) is 0. The standard InChI is InChI=1S/C13H14FN3S/c1-8-2-5-11(14)10(6-8)13-17-16-12(18-13)7-15-9-3-4-9/h2,5-6,9,15H,3-4,7H2,1H3. The van der Waals surface area contributed by atoms with E-state index in [0.717, 1.165) is 17.1 Å². The number of rotatable bonds is 4. The van der Waals surface area contributed by atoms with Crippen molar-refractivity contribution in [2.24, 2.45) is 0 Å². The fourth-order valence-corrected chi connectivity index (χ4v) is 2.56. The highest BCUT2D eigenvalue weighted by molar-refractivity contribution is 7.14. The Morgan fingerprint density at radius 3 is 3.00 bits per heavy atom. The molecule has 2 aromatic rings. The second-order valence-corrected chi connectivity index (χ2v) is 5.70. The third kappa shape index (κ3) is 2.57. The molecule has 0 radical (unpaired) electrons. The van der Waals surface area contributed by atoms with Gasteiger partial charge in [0, 0.05) is 18.2 Å². The maximum absolute atomic E-state index is 13.7. The Kier molecular flexibility index (Phi) is 3.09. The first kappa shape index (κ1) is 11.7. The van der Waals surface area contributed by atoms with Crippen molar-refractivity contribution < 1.29 is 4.39 Å². The molecule has 0 amide bonds. The van der Waals surface area contributed by atoms with Gasteiger partial charge in [-0.15, -0.1) is 10.2 Å². The number of hydrogen-bond donors (Lipinski definition) is 1. The van der Waals surface area contributed by atoms with Gasteiger partial charge in [0.05, 0.1) is 0 Å². The van der Waals surface area contributed by atoms with E-state index < -0.39 is 0 Å². The molecule has 3 rings (SSSR count). The quantitative estimate of drug-likeness (QED) is 0.921. The monoisotopic (exact) mass is 263 g/mol. The highest BCUT2D eigenvalue weighted by atomic mass is 32.1. The summed E-state index contributed by atoms with van der Waals surface area (Å²) in [6.07, 6.45) is 2.50. The fraction of sp³-hybridized carbons (Fsp3) is 0.385. The lowest BCUT2D eigenvalue weighted by Gasteiger charge is -1.99. The molecule has 94 valence electrons. The van der Waals surface area contributed by atoms with Crippen LogP contribution >= 0.6 is 11.3 Å². The molecule has 1 aliphatic rings. The Hall–Kier alpha value is -1.33. The lowest BCUT2D eigenvalue weighted by Crippen LogP contribution is -2.14. The summed E-state index contributed by atoms with van der Waals surface area (Å²) in [5.41, 5.74) is 1.57. The first-order chi connectivity index (χ1) is 8.72. The third-order valence-electron chi connectivity index (χ3n) is 2.94. The zero-order valence-electron chi connectivity index (χ0n) is 10.1. The van der Waals surface area contributed by atoms with Crippen LogP contribution in [-0.2, 0) is 6.54 Å². The van der Waals surface area contributed by atoms with Gasteiger partial charge in [-0.3, -0.25) is 0 Å². The molecule has 1 aromatic heterocycles. The van der Waals surface area contributed by atoms with Gasteiger partial charge in [-0.2, -0.15) is 0 Å². The Morgan fingerprint density at radius 1 is 1.39 bits per heavy atom. The molecule has 0 spiro atoms. The Balaban J connectivity index is 1.80. The van der Waals surface area contributed by atoms with Gasteiger partial charge in [0.25, 0.3) is 0 Å². The van der Waals surface area contributed by atoms with E-state index >= 15 is 0 Å². The minimum absolute atomic E-state index is 0.238. The molecule has 1 aliphatic carbocycles. The maximum atomic E-state index is 13.7. The largest absolute Gasteiger partial charge is 0.308 e. The number of hydrogen-bond acceptors (Lipinski definition) is 4. The zero-order valence-corrected chi connectivity index (χ0v) is 10.9. The topological polar surface area (TPSA) is 37.8 Å². The molecule has 0 aliphatic heterocycles. The molecule has 0 atom stereocenters. The maximum Gasteiger partial charge on any atom is 0.150 e. The van der Waals surface area contributed by atoms with E-state index in [4.69, 9.17) is 0 Å². The third-order valence-corrected chi connectivity index (χ3v) is 3.89. The van der Waals surface area contributed by atoms with Crippen molar-refractivity contribution >= 4 is 11.3 Å². The van der Waals surface area contributed by atoms with Crippen LogP contribution in [0.1, 0.15) is 23.4 Å². The van der Waals surface area contributed by atoms with E-state index in [1.165, 1.54) is 30.2 Å². The van der Waals surface area contributed by atoms with Crippen molar-refractivity contribution in [2.75, 3.05) is 0 Å². The number of nitrogens with one attached hydrogen (secondary N) is 1. The van der Waals surface area contributed by atoms with Crippen molar-refractivity contribution in [3.05, 3.63) is 34.6 Å². The van der Waals surface area contributed by atoms with E-state index in [1.807, 2.05) is 13.0 Å². The number of benzene rings is 1. The van der Waals surface area contributed by atoms with Gasteiger partial charge in [0.1, 0.15) is 10.8 Å². The minimum atomic E-state index is -0.238. The summed E-state index contributed by atoms with van der Waals surface area (Å²) in [4.78, 5) is 0. The van der Waals surface area contributed by atoms with Crippen molar-refractivity contribution in [1.29, 1.82) is 0 Å². The normalized spacial score (nSPS) is 15.0. The smallest absolute Gasteiger partial charge is 0.150 e.